The molecule has 7 rings (SSSR count). The first kappa shape index (κ1) is 46.7. The van der Waals surface area contributed by atoms with E-state index < -0.39 is 0 Å². The number of unbranched alkanes of at least 4 members (excludes halogenated alkanes) is 6. The molecule has 1 heterocycles. The monoisotopic (exact) mass is 876 g/mol. The molecule has 0 N–H and O–H groups in total. The lowest BCUT2D eigenvalue weighted by atomic mass is 10.1. The Morgan fingerprint density at radius 2 is 0.591 bits per heavy atom. The first-order chi connectivity index (χ1) is 32.5. The Morgan fingerprint density at radius 1 is 0.333 bits per heavy atom. The van der Waals surface area contributed by atoms with Gasteiger partial charge in [0.25, 0.3) is 0 Å². The zero-order valence-electron chi connectivity index (χ0n) is 38.5. The third-order valence-electron chi connectivity index (χ3n) is 10.9. The summed E-state index contributed by atoms with van der Waals surface area (Å²) in [6.45, 7) is 6.68. The smallest absolute Gasteiger partial charge is 0.331 e. The number of aryl methyl sites for hydroxylation is 3. The van der Waals surface area contributed by atoms with Crippen LogP contribution >= 0.6 is 0 Å². The lowest BCUT2D eigenvalue weighted by Crippen LogP contribution is -2.01. The predicted octanol–water partition coefficient (Wildman–Crippen LogP) is 15.7. The molecule has 0 radical (unpaired) electrons. The fourth-order valence-electron chi connectivity index (χ4n) is 7.07. The van der Waals surface area contributed by atoms with Crippen LogP contribution in [0.15, 0.2) is 161 Å². The van der Waals surface area contributed by atoms with Crippen molar-refractivity contribution in [2.45, 2.75) is 97.8 Å². The van der Waals surface area contributed by atoms with Crippen LogP contribution in [0.1, 0.15) is 112 Å². The fraction of sp³-hybridized carbons (Fsp3) is 0.263. The van der Waals surface area contributed by atoms with Crippen molar-refractivity contribution >= 4 is 35.7 Å². The standard InChI is InChI=1S/C57H60N6O3/c1-4-7-10-13-43-16-28-49(29-17-43)58-40-46-22-34-52(35-23-46)64-55-61-56(65-53-36-24-47(25-37-53)41-59-50-30-18-44(19-31-50)14-11-8-5-2)63-57(62-55)66-54-38-26-48(27-39-54)42-60-51-32-20-45(21-33-51)15-12-9-6-3/h16-42H,4-15H2,1-3H3. The summed E-state index contributed by atoms with van der Waals surface area (Å²) in [5.74, 6) is 1.57. The Labute approximate surface area is 390 Å². The normalized spacial score (nSPS) is 11.5. The van der Waals surface area contributed by atoms with Gasteiger partial charge in [-0.15, -0.1) is 15.0 Å². The molecule has 7 aromatic rings. The highest BCUT2D eigenvalue weighted by molar-refractivity contribution is 5.83. The van der Waals surface area contributed by atoms with Crippen molar-refractivity contribution in [1.82, 2.24) is 15.0 Å². The summed E-state index contributed by atoms with van der Waals surface area (Å²) < 4.78 is 18.5. The van der Waals surface area contributed by atoms with Crippen LogP contribution < -0.4 is 14.2 Å². The third kappa shape index (κ3) is 15.5. The van der Waals surface area contributed by atoms with Gasteiger partial charge in [0.1, 0.15) is 17.2 Å². The van der Waals surface area contributed by atoms with Crippen molar-refractivity contribution in [1.29, 1.82) is 0 Å². The highest BCUT2D eigenvalue weighted by Gasteiger charge is 2.14. The summed E-state index contributed by atoms with van der Waals surface area (Å²) in [4.78, 5) is 27.5. The van der Waals surface area contributed by atoms with Gasteiger partial charge in [0, 0.05) is 18.6 Å². The van der Waals surface area contributed by atoms with Crippen LogP contribution in [-0.4, -0.2) is 33.6 Å². The number of aliphatic imine (C=N–C) groups is 3. The largest absolute Gasteiger partial charge is 0.424 e. The van der Waals surface area contributed by atoms with Crippen LogP contribution in [0.25, 0.3) is 0 Å². The van der Waals surface area contributed by atoms with Crippen molar-refractivity contribution in [3.63, 3.8) is 0 Å². The summed E-state index contributed by atoms with van der Waals surface area (Å²) in [6.07, 6.45) is 19.8. The van der Waals surface area contributed by atoms with Crippen LogP contribution in [0.4, 0.5) is 17.1 Å². The van der Waals surface area contributed by atoms with Gasteiger partial charge in [-0.05, 0) is 181 Å². The highest BCUT2D eigenvalue weighted by Crippen LogP contribution is 2.28. The number of nitrogens with zero attached hydrogens (tertiary/aromatic N) is 6. The SMILES string of the molecule is CCCCCc1ccc(N=Cc2ccc(Oc3nc(Oc4ccc(C=Nc5ccc(CCCCC)cc5)cc4)nc(Oc4ccc(C=Nc5ccc(CCCCC)cc5)cc4)n3)cc2)cc1. The highest BCUT2D eigenvalue weighted by atomic mass is 16.5. The molecule has 0 saturated heterocycles. The average Bonchev–Trinajstić information content (AvgIpc) is 3.35. The van der Waals surface area contributed by atoms with E-state index in [4.69, 9.17) is 14.2 Å². The van der Waals surface area contributed by atoms with E-state index in [0.29, 0.717) is 17.2 Å². The molecule has 0 fully saturated rings. The van der Waals surface area contributed by atoms with Crippen LogP contribution in [0.3, 0.4) is 0 Å². The molecular formula is C57H60N6O3. The predicted molar refractivity (Wildman–Crippen MR) is 270 cm³/mol. The van der Waals surface area contributed by atoms with Crippen molar-refractivity contribution in [3.8, 4) is 35.3 Å². The molecule has 66 heavy (non-hydrogen) atoms. The van der Waals surface area contributed by atoms with Crippen molar-refractivity contribution in [3.05, 3.63) is 179 Å². The minimum atomic E-state index is 0.00992. The summed E-state index contributed by atoms with van der Waals surface area (Å²) in [5, 5.41) is 0. The summed E-state index contributed by atoms with van der Waals surface area (Å²) >= 11 is 0. The molecular weight excluding hydrogens is 817 g/mol. The summed E-state index contributed by atoms with van der Waals surface area (Å²) in [7, 11) is 0. The van der Waals surface area contributed by atoms with E-state index in [0.717, 1.165) is 53.0 Å². The molecule has 0 spiro atoms. The van der Waals surface area contributed by atoms with Crippen molar-refractivity contribution < 1.29 is 14.2 Å². The molecule has 1 aromatic heterocycles. The van der Waals surface area contributed by atoms with Gasteiger partial charge in [-0.1, -0.05) is 95.7 Å². The van der Waals surface area contributed by atoms with E-state index in [1.807, 2.05) is 91.4 Å². The van der Waals surface area contributed by atoms with Gasteiger partial charge < -0.3 is 14.2 Å². The Balaban J connectivity index is 1.03. The molecule has 0 bridgehead atoms. The van der Waals surface area contributed by atoms with E-state index in [9.17, 15) is 0 Å². The Bertz CT molecular complexity index is 2300. The molecule has 0 aliphatic heterocycles. The van der Waals surface area contributed by atoms with E-state index in [-0.39, 0.29) is 18.0 Å². The van der Waals surface area contributed by atoms with Crippen LogP contribution in [-0.2, 0) is 19.3 Å². The minimum Gasteiger partial charge on any atom is -0.424 e. The van der Waals surface area contributed by atoms with Gasteiger partial charge in [-0.3, -0.25) is 15.0 Å². The molecule has 9 nitrogen and oxygen atoms in total. The number of hydrogen-bond donors (Lipinski definition) is 0. The molecule has 0 saturated carbocycles. The van der Waals surface area contributed by atoms with Crippen molar-refractivity contribution in [2.75, 3.05) is 0 Å². The zero-order valence-corrected chi connectivity index (χ0v) is 38.5. The van der Waals surface area contributed by atoms with Crippen LogP contribution in [0.2, 0.25) is 0 Å². The number of rotatable bonds is 24. The Morgan fingerprint density at radius 3 is 0.833 bits per heavy atom. The minimum absolute atomic E-state index is 0.00992. The van der Waals surface area contributed by atoms with Gasteiger partial charge in [-0.25, -0.2) is 0 Å². The molecule has 0 aliphatic carbocycles. The lowest BCUT2D eigenvalue weighted by molar-refractivity contribution is 0.362. The average molecular weight is 877 g/mol. The topological polar surface area (TPSA) is 103 Å². The Hall–Kier alpha value is -7.26. The second-order valence-electron chi connectivity index (χ2n) is 16.3. The molecule has 9 heteroatoms. The van der Waals surface area contributed by atoms with Gasteiger partial charge in [0.15, 0.2) is 0 Å². The van der Waals surface area contributed by atoms with E-state index in [2.05, 4.69) is 123 Å². The number of benzene rings is 6. The first-order valence-electron chi connectivity index (χ1n) is 23.5. The molecule has 0 atom stereocenters. The number of hydrogen-bond acceptors (Lipinski definition) is 9. The number of aromatic nitrogens is 3. The fourth-order valence-corrected chi connectivity index (χ4v) is 7.07. The number of ether oxygens (including phenoxy) is 3. The van der Waals surface area contributed by atoms with Crippen LogP contribution in [0.5, 0.6) is 35.3 Å². The van der Waals surface area contributed by atoms with Gasteiger partial charge in [-0.2, -0.15) is 0 Å². The molecule has 6 aromatic carbocycles. The summed E-state index contributed by atoms with van der Waals surface area (Å²) in [6, 6.07) is 48.0. The lowest BCUT2D eigenvalue weighted by Gasteiger charge is -2.10. The van der Waals surface area contributed by atoms with E-state index in [1.54, 1.807) is 0 Å². The van der Waals surface area contributed by atoms with Gasteiger partial charge in [0.2, 0.25) is 0 Å². The third-order valence-corrected chi connectivity index (χ3v) is 10.9. The second-order valence-corrected chi connectivity index (χ2v) is 16.3. The van der Waals surface area contributed by atoms with Crippen LogP contribution in [0, 0.1) is 0 Å². The maximum absolute atomic E-state index is 6.15. The maximum Gasteiger partial charge on any atom is 0.331 e. The van der Waals surface area contributed by atoms with Gasteiger partial charge >= 0.3 is 18.0 Å². The maximum atomic E-state index is 6.15. The summed E-state index contributed by atoms with van der Waals surface area (Å²) in [5.41, 5.74) is 9.50. The quantitative estimate of drug-likeness (QED) is 0.0442. The van der Waals surface area contributed by atoms with Gasteiger partial charge in [0.05, 0.1) is 17.1 Å². The van der Waals surface area contributed by atoms with E-state index >= 15 is 0 Å². The molecule has 336 valence electrons. The molecule has 0 amide bonds. The Kier molecular flexibility index (Phi) is 17.9. The first-order valence-corrected chi connectivity index (χ1v) is 23.5. The molecule has 0 aliphatic rings. The van der Waals surface area contributed by atoms with Crippen molar-refractivity contribution in [2.24, 2.45) is 15.0 Å². The van der Waals surface area contributed by atoms with E-state index in [1.165, 1.54) is 74.5 Å². The molecule has 0 unspecified atom stereocenters. The second kappa shape index (κ2) is 25.3. The zero-order chi connectivity index (χ0) is 45.6.